The van der Waals surface area contributed by atoms with E-state index < -0.39 is 11.9 Å². The van der Waals surface area contributed by atoms with Gasteiger partial charge in [-0.3, -0.25) is 4.98 Å². The largest absolute Gasteiger partial charge is 0.507 e. The summed E-state index contributed by atoms with van der Waals surface area (Å²) >= 11 is 6.67. The number of piperazine rings is 1. The van der Waals surface area contributed by atoms with Gasteiger partial charge in [0.2, 0.25) is 0 Å². The number of likely N-dealkylation sites (N-methyl/N-ethyl adjacent to an activating group) is 1. The van der Waals surface area contributed by atoms with Crippen LogP contribution in [-0.2, 0) is 0 Å². The maximum Gasteiger partial charge on any atom is 0.407 e. The minimum Gasteiger partial charge on any atom is -0.507 e. The van der Waals surface area contributed by atoms with E-state index in [-0.39, 0.29) is 17.4 Å². The van der Waals surface area contributed by atoms with Gasteiger partial charge in [0.15, 0.2) is 0 Å². The molecule has 0 unspecified atom stereocenters. The standard InChI is InChI=1S/C25H27ClFN5O3/c1-29(2)6-7-30-13-15-14-31(25(34)35)8-9-32(15)24-17-10-18(26)16(11-20(17)28-12-21(24)30)23-19(27)4-3-5-22(23)33/h3-5,10-12,15,33H,6-9,13-14H2,1-2H3,(H,34,35)/t15-/m0/s1. The number of halogens is 2. The number of aromatic hydroxyl groups is 1. The van der Waals surface area contributed by atoms with E-state index in [1.165, 1.54) is 23.1 Å². The zero-order chi connectivity index (χ0) is 24.9. The fourth-order valence-electron chi connectivity index (χ4n) is 5.06. The molecule has 0 saturated carbocycles. The molecule has 1 atom stereocenters. The van der Waals surface area contributed by atoms with Crippen molar-refractivity contribution in [1.82, 2.24) is 14.8 Å². The molecule has 1 fully saturated rings. The highest BCUT2D eigenvalue weighted by molar-refractivity contribution is 6.34. The number of nitrogens with zero attached hydrogens (tertiary/aromatic N) is 5. The van der Waals surface area contributed by atoms with Gasteiger partial charge in [-0.1, -0.05) is 17.7 Å². The Morgan fingerprint density at radius 3 is 2.77 bits per heavy atom. The first-order chi connectivity index (χ1) is 16.7. The van der Waals surface area contributed by atoms with Crippen molar-refractivity contribution in [1.29, 1.82) is 0 Å². The molecule has 2 aliphatic heterocycles. The topological polar surface area (TPSA) is 83.4 Å². The molecule has 0 spiro atoms. The minimum absolute atomic E-state index is 0.0193. The van der Waals surface area contributed by atoms with Crippen LogP contribution in [0.3, 0.4) is 0 Å². The smallest absolute Gasteiger partial charge is 0.407 e. The summed E-state index contributed by atoms with van der Waals surface area (Å²) in [5.41, 5.74) is 2.96. The first-order valence-corrected chi connectivity index (χ1v) is 11.9. The number of phenols is 1. The summed E-state index contributed by atoms with van der Waals surface area (Å²) in [4.78, 5) is 24.4. The molecule has 0 aliphatic carbocycles. The lowest BCUT2D eigenvalue weighted by Crippen LogP contribution is -2.61. The molecule has 0 bridgehead atoms. The number of benzene rings is 2. The Morgan fingerprint density at radius 2 is 2.06 bits per heavy atom. The molecule has 2 aliphatic rings. The van der Waals surface area contributed by atoms with E-state index in [9.17, 15) is 19.4 Å². The molecule has 2 N–H and O–H groups in total. The van der Waals surface area contributed by atoms with Crippen LogP contribution in [0.1, 0.15) is 0 Å². The molecule has 5 rings (SSSR count). The molecule has 3 aromatic rings. The van der Waals surface area contributed by atoms with Crippen LogP contribution in [0.4, 0.5) is 20.6 Å². The van der Waals surface area contributed by atoms with E-state index in [2.05, 4.69) is 14.7 Å². The number of aromatic nitrogens is 1. The minimum atomic E-state index is -0.910. The second kappa shape index (κ2) is 9.05. The first-order valence-electron chi connectivity index (χ1n) is 11.5. The van der Waals surface area contributed by atoms with Crippen molar-refractivity contribution < 1.29 is 19.4 Å². The molecule has 1 amide bonds. The number of hydrogen-bond acceptors (Lipinski definition) is 6. The van der Waals surface area contributed by atoms with Crippen LogP contribution in [0.15, 0.2) is 36.5 Å². The fraction of sp³-hybridized carbons (Fsp3) is 0.360. The number of fused-ring (bicyclic) bond motifs is 5. The van der Waals surface area contributed by atoms with Gasteiger partial charge < -0.3 is 29.8 Å². The predicted octanol–water partition coefficient (Wildman–Crippen LogP) is 3.95. The van der Waals surface area contributed by atoms with Crippen molar-refractivity contribution in [2.24, 2.45) is 0 Å². The Kier molecular flexibility index (Phi) is 6.06. The molecule has 1 saturated heterocycles. The Hall–Kier alpha value is -3.30. The fourth-order valence-corrected chi connectivity index (χ4v) is 5.32. The van der Waals surface area contributed by atoms with Crippen LogP contribution < -0.4 is 9.80 Å². The van der Waals surface area contributed by atoms with Gasteiger partial charge in [-0.25, -0.2) is 9.18 Å². The summed E-state index contributed by atoms with van der Waals surface area (Å²) in [6.45, 7) is 3.65. The molecule has 2 aromatic carbocycles. The normalized spacial score (nSPS) is 17.6. The maximum atomic E-state index is 14.6. The van der Waals surface area contributed by atoms with Crippen LogP contribution in [0.25, 0.3) is 22.0 Å². The third-order valence-electron chi connectivity index (χ3n) is 6.80. The van der Waals surface area contributed by atoms with E-state index in [1.54, 1.807) is 12.1 Å². The molecule has 0 radical (unpaired) electrons. The van der Waals surface area contributed by atoms with Crippen LogP contribution in [0.2, 0.25) is 5.02 Å². The number of pyridine rings is 1. The van der Waals surface area contributed by atoms with E-state index in [0.717, 1.165) is 29.9 Å². The number of anilines is 2. The third kappa shape index (κ3) is 4.19. The van der Waals surface area contributed by atoms with E-state index >= 15 is 0 Å². The number of hydrogen-bond donors (Lipinski definition) is 2. The molecular weight excluding hydrogens is 473 g/mol. The highest BCUT2D eigenvalue weighted by Crippen LogP contribution is 2.45. The maximum absolute atomic E-state index is 14.6. The number of rotatable bonds is 4. The SMILES string of the molecule is CN(C)CCN1C[C@H]2CN(C(=O)O)CCN2c2c1cnc1cc(-c3c(O)cccc3F)c(Cl)cc21. The number of carboxylic acid groups (broad SMARTS) is 1. The molecule has 1 aromatic heterocycles. The first kappa shape index (κ1) is 23.4. The van der Waals surface area contributed by atoms with Gasteiger partial charge in [-0.05, 0) is 38.4 Å². The van der Waals surface area contributed by atoms with Gasteiger partial charge in [-0.15, -0.1) is 0 Å². The zero-order valence-electron chi connectivity index (χ0n) is 19.6. The summed E-state index contributed by atoms with van der Waals surface area (Å²) in [6, 6.07) is 7.61. The van der Waals surface area contributed by atoms with Gasteiger partial charge >= 0.3 is 6.09 Å². The van der Waals surface area contributed by atoms with Gasteiger partial charge in [0.25, 0.3) is 0 Å². The van der Waals surface area contributed by atoms with Crippen LogP contribution in [-0.4, -0.2) is 90.5 Å². The summed E-state index contributed by atoms with van der Waals surface area (Å²) in [5, 5.41) is 21.0. The molecular formula is C25H27ClFN5O3. The van der Waals surface area contributed by atoms with Crippen molar-refractivity contribution in [3.63, 3.8) is 0 Å². The van der Waals surface area contributed by atoms with Crippen molar-refractivity contribution >= 4 is 40.0 Å². The molecule has 8 nitrogen and oxygen atoms in total. The van der Waals surface area contributed by atoms with Gasteiger partial charge in [0.1, 0.15) is 11.6 Å². The lowest BCUT2D eigenvalue weighted by Gasteiger charge is -2.49. The Bertz CT molecular complexity index is 1280. The Balaban J connectivity index is 1.65. The van der Waals surface area contributed by atoms with E-state index in [1.807, 2.05) is 20.3 Å². The molecule has 10 heteroatoms. The summed E-state index contributed by atoms with van der Waals surface area (Å²) in [5.74, 6) is -0.757. The van der Waals surface area contributed by atoms with Crippen molar-refractivity contribution in [2.75, 3.05) is 63.2 Å². The van der Waals surface area contributed by atoms with Crippen LogP contribution >= 0.6 is 11.6 Å². The zero-order valence-corrected chi connectivity index (χ0v) is 20.3. The summed E-state index contributed by atoms with van der Waals surface area (Å²) in [7, 11) is 4.03. The monoisotopic (exact) mass is 499 g/mol. The van der Waals surface area contributed by atoms with E-state index in [0.29, 0.717) is 42.3 Å². The van der Waals surface area contributed by atoms with Crippen molar-refractivity contribution in [2.45, 2.75) is 6.04 Å². The number of carbonyl (C=O) groups is 1. The molecule has 35 heavy (non-hydrogen) atoms. The number of amides is 1. The second-order valence-corrected chi connectivity index (χ2v) is 9.71. The Morgan fingerprint density at radius 1 is 1.26 bits per heavy atom. The highest BCUT2D eigenvalue weighted by atomic mass is 35.5. The molecule has 3 heterocycles. The lowest BCUT2D eigenvalue weighted by molar-refractivity contribution is 0.134. The Labute approximate surface area is 207 Å². The third-order valence-corrected chi connectivity index (χ3v) is 7.11. The van der Waals surface area contributed by atoms with Crippen molar-refractivity contribution in [3.8, 4) is 16.9 Å². The summed E-state index contributed by atoms with van der Waals surface area (Å²) in [6.07, 6.45) is 0.915. The van der Waals surface area contributed by atoms with Crippen molar-refractivity contribution in [3.05, 3.63) is 47.4 Å². The number of phenolic OH excluding ortho intramolecular Hbond substituents is 1. The van der Waals surface area contributed by atoms with E-state index in [4.69, 9.17) is 16.6 Å². The quantitative estimate of drug-likeness (QED) is 0.562. The lowest BCUT2D eigenvalue weighted by atomic mass is 9.98. The molecule has 184 valence electrons. The van der Waals surface area contributed by atoms with Gasteiger partial charge in [0.05, 0.1) is 34.7 Å². The van der Waals surface area contributed by atoms with Gasteiger partial charge in [-0.2, -0.15) is 0 Å². The van der Waals surface area contributed by atoms with Gasteiger partial charge in [0, 0.05) is 55.2 Å². The highest BCUT2D eigenvalue weighted by Gasteiger charge is 2.37. The van der Waals surface area contributed by atoms with Crippen LogP contribution in [0.5, 0.6) is 5.75 Å². The average molecular weight is 500 g/mol. The second-order valence-electron chi connectivity index (χ2n) is 9.30. The summed E-state index contributed by atoms with van der Waals surface area (Å²) < 4.78 is 14.6. The predicted molar refractivity (Wildman–Crippen MR) is 135 cm³/mol. The van der Waals surface area contributed by atoms with Crippen LogP contribution in [0, 0.1) is 5.82 Å². The average Bonchev–Trinajstić information content (AvgIpc) is 2.81.